The number of ether oxygens (including phenoxy) is 2. The minimum Gasteiger partial charge on any atom is -0.395 e. The Morgan fingerprint density at radius 1 is 1.32 bits per heavy atom. The number of nitrogens with two attached hydrogens (primary N) is 1. The number of nitrogens with one attached hydrogen (secondary N) is 2. The molecule has 0 aromatic carbocycles. The number of H-pyrrole nitrogens is 1. The molecule has 4 heterocycles. The van der Waals surface area contributed by atoms with Gasteiger partial charge in [0.15, 0.2) is 11.6 Å². The second-order valence-electron chi connectivity index (χ2n) is 6.22. The zero-order valence-electron chi connectivity index (χ0n) is 12.4. The minimum absolute atomic E-state index is 0.0173. The zero-order chi connectivity index (χ0) is 15.5. The molecule has 2 aromatic rings. The molecule has 8 heteroatoms. The Kier molecular flexibility index (Phi) is 2.92. The second-order valence-corrected chi connectivity index (χ2v) is 6.22. The number of anilines is 1. The normalized spacial score (nSPS) is 33.4. The van der Waals surface area contributed by atoms with Crippen molar-refractivity contribution in [2.24, 2.45) is 0 Å². The summed E-state index contributed by atoms with van der Waals surface area (Å²) in [5, 5.41) is 13.0. The second kappa shape index (κ2) is 4.63. The summed E-state index contributed by atoms with van der Waals surface area (Å²) in [6.07, 6.45) is 2.91. The Balaban J connectivity index is 1.77. The standard InChI is InChI=1S/C14H19N5O3/c1-14(2)21-11-7(4-20)19-9(12(11)22-14)6-3-16-10-8(6)17-5-18-13(10)15/h3,5,7,9,11-12,16,19-20H,4H2,1-2H3,(H2,15,17,18)/t7-,9+,11-,12+/m1/s1. The van der Waals surface area contributed by atoms with Crippen LogP contribution in [0, 0.1) is 0 Å². The summed E-state index contributed by atoms with van der Waals surface area (Å²) in [6, 6.07) is -0.312. The number of hydrogen-bond donors (Lipinski definition) is 4. The molecule has 2 aromatic heterocycles. The first kappa shape index (κ1) is 13.9. The van der Waals surface area contributed by atoms with E-state index in [0.717, 1.165) is 11.1 Å². The third kappa shape index (κ3) is 1.92. The molecule has 2 aliphatic heterocycles. The van der Waals surface area contributed by atoms with Gasteiger partial charge < -0.3 is 30.6 Å². The quantitative estimate of drug-likeness (QED) is 0.620. The predicted octanol–water partition coefficient (Wildman–Crippen LogP) is 0.0654. The van der Waals surface area contributed by atoms with Crippen molar-refractivity contribution in [3.63, 3.8) is 0 Å². The van der Waals surface area contributed by atoms with Crippen LogP contribution in [0.3, 0.4) is 0 Å². The molecule has 0 bridgehead atoms. The third-order valence-corrected chi connectivity index (χ3v) is 4.34. The lowest BCUT2D eigenvalue weighted by molar-refractivity contribution is -0.157. The van der Waals surface area contributed by atoms with Crippen LogP contribution in [-0.4, -0.2) is 50.7 Å². The van der Waals surface area contributed by atoms with E-state index in [0.29, 0.717) is 11.3 Å². The molecule has 4 rings (SSSR count). The molecule has 2 saturated heterocycles. The lowest BCUT2D eigenvalue weighted by Gasteiger charge is -2.23. The van der Waals surface area contributed by atoms with Gasteiger partial charge in [-0.25, -0.2) is 9.97 Å². The van der Waals surface area contributed by atoms with Gasteiger partial charge in [-0.3, -0.25) is 0 Å². The number of fused-ring (bicyclic) bond motifs is 2. The van der Waals surface area contributed by atoms with Crippen molar-refractivity contribution in [1.82, 2.24) is 20.3 Å². The van der Waals surface area contributed by atoms with Crippen molar-refractivity contribution in [3.05, 3.63) is 18.1 Å². The fraction of sp³-hybridized carbons (Fsp3) is 0.571. The van der Waals surface area contributed by atoms with Crippen LogP contribution in [0.2, 0.25) is 0 Å². The average molecular weight is 305 g/mol. The summed E-state index contributed by atoms with van der Waals surface area (Å²) in [7, 11) is 0. The lowest BCUT2D eigenvalue weighted by atomic mass is 10.0. The van der Waals surface area contributed by atoms with Gasteiger partial charge in [0.05, 0.1) is 24.2 Å². The molecule has 0 aliphatic carbocycles. The highest BCUT2D eigenvalue weighted by atomic mass is 16.8. The van der Waals surface area contributed by atoms with E-state index in [9.17, 15) is 5.11 Å². The highest BCUT2D eigenvalue weighted by Gasteiger charge is 2.54. The van der Waals surface area contributed by atoms with Crippen LogP contribution in [0.25, 0.3) is 11.0 Å². The number of nitrogens with zero attached hydrogens (tertiary/aromatic N) is 2. The Hall–Kier alpha value is -1.74. The van der Waals surface area contributed by atoms with E-state index in [1.807, 2.05) is 20.0 Å². The monoisotopic (exact) mass is 305 g/mol. The Labute approximate surface area is 127 Å². The molecule has 0 unspecified atom stereocenters. The maximum Gasteiger partial charge on any atom is 0.163 e. The molecule has 0 spiro atoms. The largest absolute Gasteiger partial charge is 0.395 e. The first-order valence-corrected chi connectivity index (χ1v) is 7.30. The summed E-state index contributed by atoms with van der Waals surface area (Å²) >= 11 is 0. The van der Waals surface area contributed by atoms with Crippen molar-refractivity contribution >= 4 is 16.9 Å². The molecule has 2 aliphatic rings. The zero-order valence-corrected chi connectivity index (χ0v) is 12.4. The van der Waals surface area contributed by atoms with Crippen LogP contribution in [0.4, 0.5) is 5.82 Å². The maximum atomic E-state index is 9.60. The first-order chi connectivity index (χ1) is 10.5. The fourth-order valence-corrected chi connectivity index (χ4v) is 3.45. The highest BCUT2D eigenvalue weighted by molar-refractivity contribution is 5.87. The number of aromatic nitrogens is 3. The lowest BCUT2D eigenvalue weighted by Crippen LogP contribution is -2.38. The van der Waals surface area contributed by atoms with Crippen molar-refractivity contribution in [3.8, 4) is 0 Å². The van der Waals surface area contributed by atoms with E-state index < -0.39 is 5.79 Å². The van der Waals surface area contributed by atoms with Gasteiger partial charge in [-0.15, -0.1) is 0 Å². The summed E-state index contributed by atoms with van der Waals surface area (Å²) in [5.41, 5.74) is 8.28. The number of aliphatic hydroxyl groups excluding tert-OH is 1. The van der Waals surface area contributed by atoms with Crippen molar-refractivity contribution in [2.75, 3.05) is 12.3 Å². The van der Waals surface area contributed by atoms with Crippen LogP contribution in [-0.2, 0) is 9.47 Å². The van der Waals surface area contributed by atoms with Gasteiger partial charge in [-0.1, -0.05) is 0 Å². The van der Waals surface area contributed by atoms with Gasteiger partial charge in [0.1, 0.15) is 24.1 Å². The summed E-state index contributed by atoms with van der Waals surface area (Å²) < 4.78 is 12.0. The molecule has 0 amide bonds. The van der Waals surface area contributed by atoms with Gasteiger partial charge in [0, 0.05) is 11.8 Å². The predicted molar refractivity (Wildman–Crippen MR) is 78.9 cm³/mol. The van der Waals surface area contributed by atoms with Crippen LogP contribution in [0.5, 0.6) is 0 Å². The topological polar surface area (TPSA) is 118 Å². The number of hydrogen-bond acceptors (Lipinski definition) is 7. The van der Waals surface area contributed by atoms with Gasteiger partial charge in [0.25, 0.3) is 0 Å². The Morgan fingerprint density at radius 3 is 2.86 bits per heavy atom. The summed E-state index contributed by atoms with van der Waals surface area (Å²) in [4.78, 5) is 11.4. The van der Waals surface area contributed by atoms with Crippen molar-refractivity contribution < 1.29 is 14.6 Å². The van der Waals surface area contributed by atoms with E-state index in [2.05, 4.69) is 20.3 Å². The van der Waals surface area contributed by atoms with Gasteiger partial charge >= 0.3 is 0 Å². The number of aliphatic hydroxyl groups is 1. The molecule has 0 saturated carbocycles. The van der Waals surface area contributed by atoms with Gasteiger partial charge in [-0.2, -0.15) is 0 Å². The molecule has 22 heavy (non-hydrogen) atoms. The first-order valence-electron chi connectivity index (χ1n) is 7.30. The number of rotatable bonds is 2. The molecule has 8 nitrogen and oxygen atoms in total. The van der Waals surface area contributed by atoms with E-state index in [4.69, 9.17) is 15.2 Å². The van der Waals surface area contributed by atoms with Crippen LogP contribution in [0.1, 0.15) is 25.5 Å². The van der Waals surface area contributed by atoms with Crippen molar-refractivity contribution in [1.29, 1.82) is 0 Å². The smallest absolute Gasteiger partial charge is 0.163 e. The van der Waals surface area contributed by atoms with Gasteiger partial charge in [-0.05, 0) is 13.8 Å². The Bertz CT molecular complexity index is 716. The molecule has 5 N–H and O–H groups in total. The number of nitrogen functional groups attached to an aromatic ring is 1. The van der Waals surface area contributed by atoms with Gasteiger partial charge in [0.2, 0.25) is 0 Å². The molecular formula is C14H19N5O3. The van der Waals surface area contributed by atoms with E-state index in [-0.39, 0.29) is 30.9 Å². The summed E-state index contributed by atoms with van der Waals surface area (Å²) in [6.45, 7) is 3.75. The highest BCUT2D eigenvalue weighted by Crippen LogP contribution is 2.42. The summed E-state index contributed by atoms with van der Waals surface area (Å²) in [5.74, 6) is -0.253. The fourth-order valence-electron chi connectivity index (χ4n) is 3.45. The number of aromatic amines is 1. The SMILES string of the molecule is CC1(C)O[C@@H]2[C@H](O1)[C@@H](CO)N[C@H]2c1c[nH]c2c(N)ncnc12. The van der Waals surface area contributed by atoms with E-state index >= 15 is 0 Å². The van der Waals surface area contributed by atoms with Crippen LogP contribution >= 0.6 is 0 Å². The molecular weight excluding hydrogens is 286 g/mol. The minimum atomic E-state index is -0.663. The van der Waals surface area contributed by atoms with E-state index in [1.54, 1.807) is 0 Å². The Morgan fingerprint density at radius 2 is 2.09 bits per heavy atom. The van der Waals surface area contributed by atoms with E-state index in [1.165, 1.54) is 6.33 Å². The maximum absolute atomic E-state index is 9.60. The third-order valence-electron chi connectivity index (χ3n) is 4.34. The van der Waals surface area contributed by atoms with Crippen LogP contribution in [0.15, 0.2) is 12.5 Å². The van der Waals surface area contributed by atoms with Crippen molar-refractivity contribution in [2.45, 2.75) is 43.9 Å². The molecule has 0 radical (unpaired) electrons. The molecule has 118 valence electrons. The molecule has 2 fully saturated rings. The molecule has 4 atom stereocenters. The average Bonchev–Trinajstić information content (AvgIpc) is 3.10. The van der Waals surface area contributed by atoms with Crippen LogP contribution < -0.4 is 11.1 Å².